The standard InChI is InChI=1S/C17H19ClN4O3S3/c1-2-10-26-17-21-20-16(27-17)19-15(23)12-6-7-13(18)14(11-12)28(24,25)22-8-4-3-5-9-22/h2,6-7,11H,1,3-5,8-10H2,(H,19,20,23). The first-order valence-electron chi connectivity index (χ1n) is 8.60. The lowest BCUT2D eigenvalue weighted by Gasteiger charge is -2.26. The maximum atomic E-state index is 12.9. The first kappa shape index (κ1) is 21.3. The molecule has 2 heterocycles. The van der Waals surface area contributed by atoms with E-state index in [1.54, 1.807) is 6.08 Å². The molecule has 0 radical (unpaired) electrons. The Morgan fingerprint density at radius 2 is 2.07 bits per heavy atom. The van der Waals surface area contributed by atoms with Crippen LogP contribution in [0.1, 0.15) is 29.6 Å². The van der Waals surface area contributed by atoms with Crippen molar-refractivity contribution < 1.29 is 13.2 Å². The number of nitrogens with one attached hydrogen (secondary N) is 1. The van der Waals surface area contributed by atoms with Gasteiger partial charge in [0.05, 0.1) is 5.02 Å². The summed E-state index contributed by atoms with van der Waals surface area (Å²) in [5.74, 6) is 0.223. The second-order valence-electron chi connectivity index (χ2n) is 6.04. The summed E-state index contributed by atoms with van der Waals surface area (Å²) >= 11 is 8.85. The summed E-state index contributed by atoms with van der Waals surface area (Å²) in [6.45, 7) is 4.57. The Labute approximate surface area is 177 Å². The zero-order chi connectivity index (χ0) is 20.1. The molecule has 1 aliphatic heterocycles. The van der Waals surface area contributed by atoms with Crippen LogP contribution in [0.15, 0.2) is 40.1 Å². The highest BCUT2D eigenvalue weighted by Crippen LogP contribution is 2.29. The summed E-state index contributed by atoms with van der Waals surface area (Å²) < 4.78 is 28.0. The van der Waals surface area contributed by atoms with E-state index in [1.807, 2.05) is 0 Å². The number of benzene rings is 1. The van der Waals surface area contributed by atoms with Crippen LogP contribution in [0.25, 0.3) is 0 Å². The van der Waals surface area contributed by atoms with Crippen molar-refractivity contribution in [2.24, 2.45) is 0 Å². The molecule has 0 bridgehead atoms. The quantitative estimate of drug-likeness (QED) is 0.384. The fourth-order valence-electron chi connectivity index (χ4n) is 2.70. The molecule has 1 aromatic carbocycles. The SMILES string of the molecule is C=CCSc1nnc(NC(=O)c2ccc(Cl)c(S(=O)(=O)N3CCCCC3)c2)s1. The second-order valence-corrected chi connectivity index (χ2v) is 10.6. The van der Waals surface area contributed by atoms with Crippen LogP contribution >= 0.6 is 34.7 Å². The average molecular weight is 459 g/mol. The predicted molar refractivity (Wildman–Crippen MR) is 113 cm³/mol. The fourth-order valence-corrected chi connectivity index (χ4v) is 6.23. The van der Waals surface area contributed by atoms with Gasteiger partial charge in [0.1, 0.15) is 4.90 Å². The molecule has 0 saturated carbocycles. The van der Waals surface area contributed by atoms with E-state index in [-0.39, 0.29) is 15.5 Å². The number of rotatable bonds is 7. The third-order valence-electron chi connectivity index (χ3n) is 4.08. The minimum Gasteiger partial charge on any atom is -0.296 e. The van der Waals surface area contributed by atoms with Crippen LogP contribution in [0.5, 0.6) is 0 Å². The normalized spacial score (nSPS) is 15.3. The van der Waals surface area contributed by atoms with Crippen molar-refractivity contribution in [2.75, 3.05) is 24.2 Å². The number of nitrogens with zero attached hydrogens (tertiary/aromatic N) is 3. The Morgan fingerprint density at radius 1 is 1.32 bits per heavy atom. The summed E-state index contributed by atoms with van der Waals surface area (Å²) in [7, 11) is -3.74. The fraction of sp³-hybridized carbons (Fsp3) is 0.353. The summed E-state index contributed by atoms with van der Waals surface area (Å²) in [4.78, 5) is 12.5. The van der Waals surface area contributed by atoms with E-state index >= 15 is 0 Å². The van der Waals surface area contributed by atoms with Gasteiger partial charge in [-0.2, -0.15) is 4.31 Å². The van der Waals surface area contributed by atoms with Crippen LogP contribution < -0.4 is 5.32 Å². The van der Waals surface area contributed by atoms with Crippen molar-refractivity contribution in [2.45, 2.75) is 28.5 Å². The third-order valence-corrected chi connectivity index (χ3v) is 8.43. The topological polar surface area (TPSA) is 92.3 Å². The van der Waals surface area contributed by atoms with Gasteiger partial charge in [-0.3, -0.25) is 10.1 Å². The lowest BCUT2D eigenvalue weighted by molar-refractivity contribution is 0.102. The molecular weight excluding hydrogens is 440 g/mol. The van der Waals surface area contributed by atoms with Gasteiger partial charge < -0.3 is 0 Å². The van der Waals surface area contributed by atoms with E-state index in [0.29, 0.717) is 28.3 Å². The second kappa shape index (κ2) is 9.36. The maximum Gasteiger partial charge on any atom is 0.257 e. The largest absolute Gasteiger partial charge is 0.296 e. The number of aromatic nitrogens is 2. The molecule has 7 nitrogen and oxygen atoms in total. The highest BCUT2D eigenvalue weighted by molar-refractivity contribution is 8.01. The first-order chi connectivity index (χ1) is 13.4. The van der Waals surface area contributed by atoms with Gasteiger partial charge in [-0.25, -0.2) is 8.42 Å². The van der Waals surface area contributed by atoms with Crippen LogP contribution in [0, 0.1) is 0 Å². The van der Waals surface area contributed by atoms with E-state index in [9.17, 15) is 13.2 Å². The average Bonchev–Trinajstić information content (AvgIpc) is 3.14. The molecule has 1 aliphatic rings. The van der Waals surface area contributed by atoms with Crippen molar-refractivity contribution >= 4 is 55.8 Å². The minimum atomic E-state index is -3.74. The Balaban J connectivity index is 1.79. The number of carbonyl (C=O) groups is 1. The highest BCUT2D eigenvalue weighted by Gasteiger charge is 2.28. The highest BCUT2D eigenvalue weighted by atomic mass is 35.5. The number of amides is 1. The Morgan fingerprint density at radius 3 is 2.79 bits per heavy atom. The molecule has 0 atom stereocenters. The lowest BCUT2D eigenvalue weighted by Crippen LogP contribution is -2.35. The van der Waals surface area contributed by atoms with Crippen LogP contribution in [-0.2, 0) is 10.0 Å². The minimum absolute atomic E-state index is 0.0526. The number of sulfonamides is 1. The van der Waals surface area contributed by atoms with E-state index < -0.39 is 15.9 Å². The van der Waals surface area contributed by atoms with Gasteiger partial charge in [0.2, 0.25) is 15.2 Å². The molecule has 1 amide bonds. The number of thioether (sulfide) groups is 1. The van der Waals surface area contributed by atoms with Crippen molar-refractivity contribution in [1.29, 1.82) is 0 Å². The molecule has 3 rings (SSSR count). The van der Waals surface area contributed by atoms with E-state index in [2.05, 4.69) is 22.1 Å². The van der Waals surface area contributed by atoms with Gasteiger partial charge in [0, 0.05) is 24.4 Å². The van der Waals surface area contributed by atoms with Gasteiger partial charge in [-0.15, -0.1) is 16.8 Å². The molecule has 0 spiro atoms. The molecule has 0 unspecified atom stereocenters. The number of halogens is 1. The molecule has 0 aliphatic carbocycles. The molecule has 28 heavy (non-hydrogen) atoms. The summed E-state index contributed by atoms with van der Waals surface area (Å²) in [6.07, 6.45) is 4.40. The summed E-state index contributed by atoms with van der Waals surface area (Å²) in [6, 6.07) is 4.23. The van der Waals surface area contributed by atoms with Gasteiger partial charge >= 0.3 is 0 Å². The maximum absolute atomic E-state index is 12.9. The Hall–Kier alpha value is -1.46. The van der Waals surface area contributed by atoms with Gasteiger partial charge in [0.25, 0.3) is 5.91 Å². The monoisotopic (exact) mass is 458 g/mol. The summed E-state index contributed by atoms with van der Waals surface area (Å²) in [5, 5.41) is 11.0. The zero-order valence-corrected chi connectivity index (χ0v) is 18.1. The van der Waals surface area contributed by atoms with Crippen molar-refractivity contribution in [3.63, 3.8) is 0 Å². The van der Waals surface area contributed by atoms with E-state index in [0.717, 1.165) is 19.3 Å². The van der Waals surface area contributed by atoms with Crippen LogP contribution in [-0.4, -0.2) is 47.7 Å². The van der Waals surface area contributed by atoms with Crippen LogP contribution in [0.3, 0.4) is 0 Å². The molecule has 2 aromatic rings. The molecular formula is C17H19ClN4O3S3. The van der Waals surface area contributed by atoms with Crippen molar-refractivity contribution in [1.82, 2.24) is 14.5 Å². The molecule has 1 saturated heterocycles. The Bertz CT molecular complexity index is 972. The number of carbonyl (C=O) groups excluding carboxylic acids is 1. The molecule has 11 heteroatoms. The molecule has 150 valence electrons. The molecule has 1 aromatic heterocycles. The van der Waals surface area contributed by atoms with Crippen molar-refractivity contribution in [3.05, 3.63) is 41.4 Å². The smallest absolute Gasteiger partial charge is 0.257 e. The van der Waals surface area contributed by atoms with E-state index in [4.69, 9.17) is 11.6 Å². The van der Waals surface area contributed by atoms with Crippen LogP contribution in [0.4, 0.5) is 5.13 Å². The predicted octanol–water partition coefficient (Wildman–Crippen LogP) is 3.90. The summed E-state index contributed by atoms with van der Waals surface area (Å²) in [5.41, 5.74) is 0.190. The van der Waals surface area contributed by atoms with Crippen molar-refractivity contribution in [3.8, 4) is 0 Å². The first-order valence-corrected chi connectivity index (χ1v) is 12.2. The van der Waals surface area contributed by atoms with Gasteiger partial charge in [0.15, 0.2) is 4.34 Å². The molecule has 1 fully saturated rings. The zero-order valence-electron chi connectivity index (χ0n) is 14.9. The number of piperidine rings is 1. The molecule has 1 N–H and O–H groups in total. The van der Waals surface area contributed by atoms with Crippen LogP contribution in [0.2, 0.25) is 5.02 Å². The Kier molecular flexibility index (Phi) is 7.10. The van der Waals surface area contributed by atoms with Gasteiger partial charge in [-0.1, -0.05) is 47.2 Å². The third kappa shape index (κ3) is 4.93. The van der Waals surface area contributed by atoms with E-state index in [1.165, 1.54) is 45.6 Å². The number of hydrogen-bond acceptors (Lipinski definition) is 7. The number of anilines is 1. The number of hydrogen-bond donors (Lipinski definition) is 1. The van der Waals surface area contributed by atoms with Gasteiger partial charge in [-0.05, 0) is 31.0 Å². The lowest BCUT2D eigenvalue weighted by atomic mass is 10.2.